The van der Waals surface area contributed by atoms with Gasteiger partial charge < -0.3 is 10.1 Å². The Hall–Kier alpha value is -0.0800. The summed E-state index contributed by atoms with van der Waals surface area (Å²) in [5.74, 6) is 3.98. The van der Waals surface area contributed by atoms with Crippen molar-refractivity contribution in [1.82, 2.24) is 5.32 Å². The molecule has 2 nitrogen and oxygen atoms in total. The van der Waals surface area contributed by atoms with Crippen LogP contribution in [0.3, 0.4) is 0 Å². The molecular weight excluding hydrogens is 222 g/mol. The van der Waals surface area contributed by atoms with Crippen molar-refractivity contribution in [1.29, 1.82) is 0 Å². The predicted molar refractivity (Wildman–Crippen MR) is 72.4 cm³/mol. The lowest BCUT2D eigenvalue weighted by atomic mass is 9.55. The highest BCUT2D eigenvalue weighted by Gasteiger charge is 2.49. The zero-order valence-corrected chi connectivity index (χ0v) is 11.4. The van der Waals surface area contributed by atoms with E-state index in [-0.39, 0.29) is 0 Å². The number of rotatable bonds is 2. The Labute approximate surface area is 111 Å². The highest BCUT2D eigenvalue weighted by Crippen LogP contribution is 2.54. The van der Waals surface area contributed by atoms with Gasteiger partial charge in [0, 0.05) is 6.54 Å². The predicted octanol–water partition coefficient (Wildman–Crippen LogP) is 2.97. The van der Waals surface area contributed by atoms with Crippen LogP contribution in [-0.4, -0.2) is 25.3 Å². The summed E-state index contributed by atoms with van der Waals surface area (Å²) in [5.41, 5.74) is 0. The second kappa shape index (κ2) is 4.79. The molecule has 1 unspecified atom stereocenters. The van der Waals surface area contributed by atoms with E-state index < -0.39 is 0 Å². The topological polar surface area (TPSA) is 21.3 Å². The summed E-state index contributed by atoms with van der Waals surface area (Å²) >= 11 is 0. The Kier molecular flexibility index (Phi) is 3.12. The minimum Gasteiger partial charge on any atom is -0.373 e. The van der Waals surface area contributed by atoms with Crippen LogP contribution in [0, 0.1) is 23.7 Å². The molecule has 1 saturated heterocycles. The summed E-state index contributed by atoms with van der Waals surface area (Å²) in [7, 11) is 0. The largest absolute Gasteiger partial charge is 0.373 e. The standard InChI is InChI=1S/C16H27NO/c1-2-4-17-10-15(3-1)18-16-13-6-11-5-12(8-13)9-14(16)7-11/h11-17H,1-10H2. The van der Waals surface area contributed by atoms with Gasteiger partial charge in [-0.2, -0.15) is 0 Å². The van der Waals surface area contributed by atoms with Crippen molar-refractivity contribution >= 4 is 0 Å². The molecular formula is C16H27NO. The van der Waals surface area contributed by atoms with Crippen LogP contribution in [-0.2, 0) is 4.74 Å². The Morgan fingerprint density at radius 2 is 1.56 bits per heavy atom. The minimum atomic E-state index is 0.509. The molecule has 102 valence electrons. The zero-order valence-electron chi connectivity index (χ0n) is 11.4. The van der Waals surface area contributed by atoms with E-state index in [9.17, 15) is 0 Å². The molecule has 4 bridgehead atoms. The van der Waals surface area contributed by atoms with Crippen molar-refractivity contribution in [3.05, 3.63) is 0 Å². The third-order valence-corrected chi connectivity index (χ3v) is 5.99. The Bertz CT molecular complexity index is 267. The summed E-state index contributed by atoms with van der Waals surface area (Å²) < 4.78 is 6.59. The van der Waals surface area contributed by atoms with E-state index >= 15 is 0 Å². The van der Waals surface area contributed by atoms with E-state index in [1.807, 2.05) is 0 Å². The molecule has 18 heavy (non-hydrogen) atoms. The fourth-order valence-electron chi connectivity index (χ4n) is 5.42. The van der Waals surface area contributed by atoms with Crippen molar-refractivity contribution in [2.45, 2.75) is 63.6 Å². The summed E-state index contributed by atoms with van der Waals surface area (Å²) in [6, 6.07) is 0. The van der Waals surface area contributed by atoms with Crippen LogP contribution in [0.1, 0.15) is 51.4 Å². The first kappa shape index (κ1) is 11.7. The van der Waals surface area contributed by atoms with Crippen molar-refractivity contribution in [2.75, 3.05) is 13.1 Å². The molecule has 0 radical (unpaired) electrons. The summed E-state index contributed by atoms with van der Waals surface area (Å²) in [6.07, 6.45) is 12.6. The van der Waals surface area contributed by atoms with Crippen LogP contribution in [0.2, 0.25) is 0 Å². The molecule has 4 saturated carbocycles. The maximum absolute atomic E-state index is 6.59. The van der Waals surface area contributed by atoms with Gasteiger partial charge in [-0.25, -0.2) is 0 Å². The second-order valence-corrected chi connectivity index (χ2v) is 7.35. The van der Waals surface area contributed by atoms with Gasteiger partial charge in [0.15, 0.2) is 0 Å². The lowest BCUT2D eigenvalue weighted by molar-refractivity contribution is -0.150. The Balaban J connectivity index is 1.42. The molecule has 1 N–H and O–H groups in total. The van der Waals surface area contributed by atoms with Gasteiger partial charge in [0.2, 0.25) is 0 Å². The first-order valence-corrected chi connectivity index (χ1v) is 8.24. The monoisotopic (exact) mass is 249 g/mol. The van der Waals surface area contributed by atoms with Crippen molar-refractivity contribution in [3.8, 4) is 0 Å². The molecule has 0 aromatic carbocycles. The van der Waals surface area contributed by atoms with Crippen LogP contribution in [0.15, 0.2) is 0 Å². The smallest absolute Gasteiger partial charge is 0.0703 e. The van der Waals surface area contributed by atoms with E-state index in [2.05, 4.69) is 5.32 Å². The van der Waals surface area contributed by atoms with Crippen LogP contribution in [0.25, 0.3) is 0 Å². The average molecular weight is 249 g/mol. The molecule has 5 fully saturated rings. The molecule has 0 aromatic rings. The molecule has 2 heteroatoms. The Morgan fingerprint density at radius 3 is 2.28 bits per heavy atom. The second-order valence-electron chi connectivity index (χ2n) is 7.35. The van der Waals surface area contributed by atoms with E-state index in [1.165, 1.54) is 51.5 Å². The van der Waals surface area contributed by atoms with Crippen molar-refractivity contribution in [2.24, 2.45) is 23.7 Å². The van der Waals surface area contributed by atoms with Crippen LogP contribution in [0.5, 0.6) is 0 Å². The number of hydrogen-bond donors (Lipinski definition) is 1. The molecule has 5 rings (SSSR count). The quantitative estimate of drug-likeness (QED) is 0.812. The van der Waals surface area contributed by atoms with E-state index in [0.717, 1.165) is 30.2 Å². The molecule has 4 aliphatic carbocycles. The highest BCUT2D eigenvalue weighted by atomic mass is 16.5. The third kappa shape index (κ3) is 2.12. The summed E-state index contributed by atoms with van der Waals surface area (Å²) in [4.78, 5) is 0. The van der Waals surface area contributed by atoms with Crippen molar-refractivity contribution in [3.63, 3.8) is 0 Å². The maximum Gasteiger partial charge on any atom is 0.0703 e. The van der Waals surface area contributed by atoms with Gasteiger partial charge in [0.25, 0.3) is 0 Å². The molecule has 5 aliphatic rings. The summed E-state index contributed by atoms with van der Waals surface area (Å²) in [5, 5.41) is 3.55. The van der Waals surface area contributed by atoms with E-state index in [1.54, 1.807) is 6.42 Å². The van der Waals surface area contributed by atoms with Gasteiger partial charge in [0.05, 0.1) is 12.2 Å². The highest BCUT2D eigenvalue weighted by molar-refractivity contribution is 4.99. The molecule has 1 aliphatic heterocycles. The fraction of sp³-hybridized carbons (Fsp3) is 1.00. The third-order valence-electron chi connectivity index (χ3n) is 5.99. The van der Waals surface area contributed by atoms with Crippen LogP contribution < -0.4 is 5.32 Å². The number of ether oxygens (including phenoxy) is 1. The zero-order chi connectivity index (χ0) is 11.9. The molecule has 0 spiro atoms. The minimum absolute atomic E-state index is 0.509. The van der Waals surface area contributed by atoms with Crippen molar-refractivity contribution < 1.29 is 4.74 Å². The summed E-state index contributed by atoms with van der Waals surface area (Å²) in [6.45, 7) is 2.30. The first-order valence-electron chi connectivity index (χ1n) is 8.24. The van der Waals surface area contributed by atoms with E-state index in [0.29, 0.717) is 12.2 Å². The molecule has 1 heterocycles. The maximum atomic E-state index is 6.59. The van der Waals surface area contributed by atoms with Crippen LogP contribution in [0.4, 0.5) is 0 Å². The SMILES string of the molecule is C1CCC(OC2C3CC4CC(C3)CC2C4)CNC1. The molecule has 0 aromatic heterocycles. The molecule has 1 atom stereocenters. The average Bonchev–Trinajstić information content (AvgIpc) is 2.61. The number of nitrogens with one attached hydrogen (secondary N) is 1. The van der Waals surface area contributed by atoms with Gasteiger partial charge in [-0.3, -0.25) is 0 Å². The van der Waals surface area contributed by atoms with Gasteiger partial charge in [-0.1, -0.05) is 0 Å². The lowest BCUT2D eigenvalue weighted by Gasteiger charge is -2.54. The number of hydrogen-bond acceptors (Lipinski definition) is 2. The van der Waals surface area contributed by atoms with Gasteiger partial charge in [-0.15, -0.1) is 0 Å². The van der Waals surface area contributed by atoms with Gasteiger partial charge >= 0.3 is 0 Å². The fourth-order valence-corrected chi connectivity index (χ4v) is 5.42. The first-order chi connectivity index (χ1) is 8.88. The lowest BCUT2D eigenvalue weighted by Crippen LogP contribution is -2.51. The normalized spacial score (nSPS) is 51.3. The van der Waals surface area contributed by atoms with E-state index in [4.69, 9.17) is 4.74 Å². The van der Waals surface area contributed by atoms with Gasteiger partial charge in [0.1, 0.15) is 0 Å². The Morgan fingerprint density at radius 1 is 0.833 bits per heavy atom. The van der Waals surface area contributed by atoms with Crippen LogP contribution >= 0.6 is 0 Å². The van der Waals surface area contributed by atoms with Gasteiger partial charge in [-0.05, 0) is 81.6 Å². The molecule has 0 amide bonds.